The largest absolute Gasteiger partial charge is 0.393 e. The second kappa shape index (κ2) is 6.15. The fourth-order valence-electron chi connectivity index (χ4n) is 1.85. The predicted molar refractivity (Wildman–Crippen MR) is 74.0 cm³/mol. The molecule has 0 unspecified atom stereocenters. The van der Waals surface area contributed by atoms with Crippen LogP contribution in [0, 0.1) is 6.92 Å². The Kier molecular flexibility index (Phi) is 4.30. The second-order valence-electron chi connectivity index (χ2n) is 4.12. The molecule has 0 spiro atoms. The molecule has 0 atom stereocenters. The highest BCUT2D eigenvalue weighted by molar-refractivity contribution is 5.80. The van der Waals surface area contributed by atoms with E-state index in [2.05, 4.69) is 10.1 Å². The molecule has 0 aliphatic heterocycles. The molecule has 0 saturated heterocycles. The van der Waals surface area contributed by atoms with E-state index in [1.54, 1.807) is 6.21 Å². The normalized spacial score (nSPS) is 11.1. The maximum Gasteiger partial charge on any atom is 0.140 e. The average molecular weight is 259 g/mol. The van der Waals surface area contributed by atoms with Gasteiger partial charge < -0.3 is 14.5 Å². The van der Waals surface area contributed by atoms with Crippen molar-refractivity contribution >= 4 is 6.21 Å². The fourth-order valence-corrected chi connectivity index (χ4v) is 1.85. The summed E-state index contributed by atoms with van der Waals surface area (Å²) in [5.74, 6) is 0.890. The van der Waals surface area contributed by atoms with Crippen LogP contribution in [0.25, 0.3) is 11.4 Å². The van der Waals surface area contributed by atoms with Gasteiger partial charge in [0.1, 0.15) is 12.4 Å². The molecule has 19 heavy (non-hydrogen) atoms. The quantitative estimate of drug-likeness (QED) is 0.505. The van der Waals surface area contributed by atoms with Crippen molar-refractivity contribution in [1.29, 1.82) is 0 Å². The standard InChI is InChI=1S/C14H17N3O2/c1-11-13(10-15-19-9-8-18)17(2)14(16-11)12-6-4-3-5-7-12/h3-7,10,18H,8-9H2,1-2H3. The molecule has 1 aromatic carbocycles. The highest BCUT2D eigenvalue weighted by Gasteiger charge is 2.11. The lowest BCUT2D eigenvalue weighted by Gasteiger charge is -2.03. The molecule has 0 saturated carbocycles. The number of hydrogen-bond acceptors (Lipinski definition) is 4. The lowest BCUT2D eigenvalue weighted by atomic mass is 10.2. The minimum Gasteiger partial charge on any atom is -0.393 e. The van der Waals surface area contributed by atoms with Gasteiger partial charge >= 0.3 is 0 Å². The summed E-state index contributed by atoms with van der Waals surface area (Å²) >= 11 is 0. The van der Waals surface area contributed by atoms with Crippen molar-refractivity contribution in [3.8, 4) is 11.4 Å². The number of benzene rings is 1. The number of imidazole rings is 1. The summed E-state index contributed by atoms with van der Waals surface area (Å²) in [6, 6.07) is 9.98. The lowest BCUT2D eigenvalue weighted by Crippen LogP contribution is -2.00. The van der Waals surface area contributed by atoms with Crippen molar-refractivity contribution in [1.82, 2.24) is 9.55 Å². The van der Waals surface area contributed by atoms with Gasteiger partial charge in [-0.05, 0) is 6.92 Å². The number of hydrogen-bond donors (Lipinski definition) is 1. The molecule has 1 N–H and O–H groups in total. The van der Waals surface area contributed by atoms with Gasteiger partial charge in [0, 0.05) is 12.6 Å². The SMILES string of the molecule is Cc1nc(-c2ccccc2)n(C)c1C=NOCCO. The molecule has 0 fully saturated rings. The van der Waals surface area contributed by atoms with Crippen molar-refractivity contribution in [3.63, 3.8) is 0 Å². The number of aromatic nitrogens is 2. The molecule has 0 bridgehead atoms. The third-order valence-electron chi connectivity index (χ3n) is 2.79. The zero-order valence-corrected chi connectivity index (χ0v) is 11.1. The summed E-state index contributed by atoms with van der Waals surface area (Å²) in [5.41, 5.74) is 2.83. The van der Waals surface area contributed by atoms with Gasteiger partial charge in [-0.25, -0.2) is 4.98 Å². The number of oxime groups is 1. The second-order valence-corrected chi connectivity index (χ2v) is 4.12. The van der Waals surface area contributed by atoms with Crippen LogP contribution in [0.15, 0.2) is 35.5 Å². The Hall–Kier alpha value is -2.14. The summed E-state index contributed by atoms with van der Waals surface area (Å²) in [7, 11) is 1.94. The maximum atomic E-state index is 8.61. The molecule has 100 valence electrons. The van der Waals surface area contributed by atoms with Crippen LogP contribution in [0.3, 0.4) is 0 Å². The summed E-state index contributed by atoms with van der Waals surface area (Å²) in [6.07, 6.45) is 1.62. The number of aliphatic hydroxyl groups is 1. The number of nitrogens with zero attached hydrogens (tertiary/aromatic N) is 3. The van der Waals surface area contributed by atoms with Crippen LogP contribution in [0.1, 0.15) is 11.4 Å². The zero-order valence-electron chi connectivity index (χ0n) is 11.1. The molecule has 1 aromatic heterocycles. The topological polar surface area (TPSA) is 59.6 Å². The predicted octanol–water partition coefficient (Wildman–Crippen LogP) is 1.74. The molecule has 0 aliphatic carbocycles. The van der Waals surface area contributed by atoms with Crippen LogP contribution in [-0.4, -0.2) is 34.1 Å². The molecule has 0 amide bonds. The Labute approximate surface area is 112 Å². The van der Waals surface area contributed by atoms with E-state index in [0.717, 1.165) is 22.8 Å². The minimum absolute atomic E-state index is 0.0447. The van der Waals surface area contributed by atoms with Crippen LogP contribution >= 0.6 is 0 Å². The molecular weight excluding hydrogens is 242 g/mol. The van der Waals surface area contributed by atoms with E-state index < -0.39 is 0 Å². The number of aliphatic hydroxyl groups excluding tert-OH is 1. The van der Waals surface area contributed by atoms with Crippen LogP contribution in [0.2, 0.25) is 0 Å². The van der Waals surface area contributed by atoms with Crippen molar-refractivity contribution in [3.05, 3.63) is 41.7 Å². The van der Waals surface area contributed by atoms with E-state index in [1.807, 2.05) is 48.9 Å². The third-order valence-corrected chi connectivity index (χ3v) is 2.79. The van der Waals surface area contributed by atoms with E-state index in [4.69, 9.17) is 9.94 Å². The van der Waals surface area contributed by atoms with Crippen molar-refractivity contribution in [2.24, 2.45) is 12.2 Å². The van der Waals surface area contributed by atoms with Crippen molar-refractivity contribution in [2.45, 2.75) is 6.92 Å². The van der Waals surface area contributed by atoms with Gasteiger partial charge in [0.25, 0.3) is 0 Å². The van der Waals surface area contributed by atoms with E-state index in [1.165, 1.54) is 0 Å². The van der Waals surface area contributed by atoms with E-state index in [9.17, 15) is 0 Å². The summed E-state index contributed by atoms with van der Waals surface area (Å²) in [5, 5.41) is 12.4. The molecule has 0 aliphatic rings. The Bertz CT molecular complexity index is 562. The van der Waals surface area contributed by atoms with Crippen molar-refractivity contribution in [2.75, 3.05) is 13.2 Å². The third kappa shape index (κ3) is 3.00. The molecule has 0 radical (unpaired) electrons. The summed E-state index contributed by atoms with van der Waals surface area (Å²) < 4.78 is 1.97. The first kappa shape index (κ1) is 13.3. The van der Waals surface area contributed by atoms with Gasteiger partial charge in [-0.1, -0.05) is 35.5 Å². The Morgan fingerprint density at radius 3 is 2.79 bits per heavy atom. The number of rotatable bonds is 5. The van der Waals surface area contributed by atoms with Crippen LogP contribution < -0.4 is 0 Å². The average Bonchev–Trinajstić information content (AvgIpc) is 2.72. The molecule has 5 heteroatoms. The van der Waals surface area contributed by atoms with Gasteiger partial charge in [-0.3, -0.25) is 0 Å². The van der Waals surface area contributed by atoms with Crippen LogP contribution in [0.4, 0.5) is 0 Å². The minimum atomic E-state index is -0.0447. The smallest absolute Gasteiger partial charge is 0.140 e. The Morgan fingerprint density at radius 2 is 2.11 bits per heavy atom. The van der Waals surface area contributed by atoms with Gasteiger partial charge in [-0.2, -0.15) is 0 Å². The molecule has 1 heterocycles. The highest BCUT2D eigenvalue weighted by atomic mass is 16.6. The monoisotopic (exact) mass is 259 g/mol. The fraction of sp³-hybridized carbons (Fsp3) is 0.286. The Morgan fingerprint density at radius 1 is 1.37 bits per heavy atom. The highest BCUT2D eigenvalue weighted by Crippen LogP contribution is 2.19. The number of aryl methyl sites for hydroxylation is 1. The maximum absolute atomic E-state index is 8.61. The van der Waals surface area contributed by atoms with Crippen LogP contribution in [-0.2, 0) is 11.9 Å². The van der Waals surface area contributed by atoms with Gasteiger partial charge in [0.05, 0.1) is 24.2 Å². The molecule has 2 rings (SSSR count). The molecule has 2 aromatic rings. The van der Waals surface area contributed by atoms with E-state index in [-0.39, 0.29) is 13.2 Å². The first-order valence-corrected chi connectivity index (χ1v) is 6.09. The first-order valence-electron chi connectivity index (χ1n) is 6.09. The zero-order chi connectivity index (χ0) is 13.7. The van der Waals surface area contributed by atoms with Gasteiger partial charge in [0.2, 0.25) is 0 Å². The molecular formula is C14H17N3O2. The van der Waals surface area contributed by atoms with Gasteiger partial charge in [-0.15, -0.1) is 0 Å². The summed E-state index contributed by atoms with van der Waals surface area (Å²) in [4.78, 5) is 9.44. The lowest BCUT2D eigenvalue weighted by molar-refractivity contribution is 0.0997. The molecule has 5 nitrogen and oxygen atoms in total. The van der Waals surface area contributed by atoms with E-state index in [0.29, 0.717) is 0 Å². The Balaban J connectivity index is 2.27. The van der Waals surface area contributed by atoms with Crippen molar-refractivity contribution < 1.29 is 9.94 Å². The van der Waals surface area contributed by atoms with E-state index >= 15 is 0 Å². The first-order chi connectivity index (χ1) is 9.24. The van der Waals surface area contributed by atoms with Crippen LogP contribution in [0.5, 0.6) is 0 Å². The van der Waals surface area contributed by atoms with Gasteiger partial charge in [0.15, 0.2) is 0 Å². The summed E-state index contributed by atoms with van der Waals surface area (Å²) in [6.45, 7) is 2.08.